The van der Waals surface area contributed by atoms with Crippen molar-refractivity contribution in [3.8, 4) is 0 Å². The topological polar surface area (TPSA) is 134 Å². The number of rotatable bonds is 10. The van der Waals surface area contributed by atoms with Crippen LogP contribution in [0, 0.1) is 5.41 Å². The second-order valence-corrected chi connectivity index (χ2v) is 10.3. The van der Waals surface area contributed by atoms with Gasteiger partial charge in [-0.2, -0.15) is 0 Å². The predicted octanol–water partition coefficient (Wildman–Crippen LogP) is 5.29. The Morgan fingerprint density at radius 3 is 2.32 bits per heavy atom. The van der Waals surface area contributed by atoms with Gasteiger partial charge in [-0.3, -0.25) is 9.59 Å². The molecule has 2 amide bonds. The lowest BCUT2D eigenvalue weighted by Crippen LogP contribution is -2.36. The van der Waals surface area contributed by atoms with E-state index in [4.69, 9.17) is 23.1 Å². The third-order valence-corrected chi connectivity index (χ3v) is 7.06. The number of nitrogens with two attached hydrogens (primary N) is 2. The molecule has 1 saturated carbocycles. The van der Waals surface area contributed by atoms with Gasteiger partial charge in [-0.05, 0) is 73.0 Å². The van der Waals surface area contributed by atoms with E-state index < -0.39 is 5.41 Å². The Hall–Kier alpha value is -3.53. The number of anilines is 4. The number of amides is 2. The van der Waals surface area contributed by atoms with Gasteiger partial charge in [0.05, 0.1) is 27.5 Å². The van der Waals surface area contributed by atoms with Crippen LogP contribution in [0.2, 0.25) is 5.02 Å². The molecule has 1 aliphatic carbocycles. The molecule has 1 fully saturated rings. The maximum atomic E-state index is 12.6. The number of nitrogen functional groups attached to an aromatic ring is 1. The van der Waals surface area contributed by atoms with Gasteiger partial charge in [0.25, 0.3) is 5.91 Å². The Balaban J connectivity index is 1.35. The van der Waals surface area contributed by atoms with E-state index in [0.717, 1.165) is 22.9 Å². The molecule has 8 nitrogen and oxygen atoms in total. The highest BCUT2D eigenvalue weighted by Gasteiger charge is 2.48. The van der Waals surface area contributed by atoms with E-state index in [1.807, 2.05) is 24.3 Å². The van der Waals surface area contributed by atoms with Crippen molar-refractivity contribution in [2.24, 2.45) is 11.1 Å². The van der Waals surface area contributed by atoms with Crippen LogP contribution < -0.4 is 32.7 Å². The molecule has 0 aromatic heterocycles. The minimum absolute atomic E-state index is 0.0185. The van der Waals surface area contributed by atoms with E-state index in [0.29, 0.717) is 52.2 Å². The first-order chi connectivity index (χ1) is 17.7. The van der Waals surface area contributed by atoms with Crippen LogP contribution in [-0.2, 0) is 11.3 Å². The second-order valence-electron chi connectivity index (χ2n) is 8.97. The first-order valence-corrected chi connectivity index (χ1v) is 12.8. The Bertz CT molecular complexity index is 1340. The summed E-state index contributed by atoms with van der Waals surface area (Å²) >= 11 is 9.74. The number of carbonyl (C=O) groups excluding carboxylic acids is 2. The fourth-order valence-electron chi connectivity index (χ4n) is 3.73. The van der Waals surface area contributed by atoms with Crippen molar-refractivity contribution in [3.63, 3.8) is 0 Å². The van der Waals surface area contributed by atoms with Gasteiger partial charge in [0.1, 0.15) is 5.82 Å². The largest absolute Gasteiger partial charge is 0.397 e. The minimum atomic E-state index is -0.402. The van der Waals surface area contributed by atoms with E-state index in [2.05, 4.69) is 43.8 Å². The summed E-state index contributed by atoms with van der Waals surface area (Å²) in [5, 5.41) is 12.5. The molecule has 1 aliphatic rings. The molecule has 0 radical (unpaired) electrons. The lowest BCUT2D eigenvalue weighted by atomic mass is 10.1. The van der Waals surface area contributed by atoms with Crippen LogP contribution in [0.1, 0.15) is 28.8 Å². The average molecular weight is 584 g/mol. The molecule has 8 N–H and O–H groups in total. The molecule has 10 heteroatoms. The summed E-state index contributed by atoms with van der Waals surface area (Å²) in [4.78, 5) is 25.0. The van der Waals surface area contributed by atoms with Crippen molar-refractivity contribution in [1.82, 2.24) is 5.32 Å². The molecule has 0 aliphatic heterocycles. The molecule has 3 aromatic rings. The first kappa shape index (κ1) is 26.5. The van der Waals surface area contributed by atoms with Crippen LogP contribution in [0.4, 0.5) is 22.7 Å². The maximum Gasteiger partial charge on any atom is 0.255 e. The van der Waals surface area contributed by atoms with Gasteiger partial charge in [0.2, 0.25) is 5.91 Å². The van der Waals surface area contributed by atoms with Gasteiger partial charge in [-0.15, -0.1) is 0 Å². The normalized spacial score (nSPS) is 13.4. The van der Waals surface area contributed by atoms with Crippen LogP contribution in [-0.4, -0.2) is 18.4 Å². The van der Waals surface area contributed by atoms with Gasteiger partial charge in [0, 0.05) is 28.8 Å². The molecular formula is C27H28BrClN6O2. The highest BCUT2D eigenvalue weighted by atomic mass is 79.9. The molecule has 0 heterocycles. The molecule has 0 saturated heterocycles. The zero-order valence-electron chi connectivity index (χ0n) is 20.0. The van der Waals surface area contributed by atoms with Crippen LogP contribution in [0.3, 0.4) is 0 Å². The van der Waals surface area contributed by atoms with Crippen molar-refractivity contribution in [1.29, 1.82) is 0 Å². The number of hydrogen-bond acceptors (Lipinski definition) is 6. The Morgan fingerprint density at radius 1 is 0.973 bits per heavy atom. The van der Waals surface area contributed by atoms with E-state index in [-0.39, 0.29) is 11.8 Å². The summed E-state index contributed by atoms with van der Waals surface area (Å²) in [7, 11) is 0. The van der Waals surface area contributed by atoms with Crippen molar-refractivity contribution >= 4 is 62.1 Å². The quantitative estimate of drug-likeness (QED) is 0.180. The molecule has 0 bridgehead atoms. The zero-order chi connectivity index (χ0) is 26.6. The van der Waals surface area contributed by atoms with Crippen molar-refractivity contribution in [2.45, 2.75) is 19.4 Å². The summed E-state index contributed by atoms with van der Waals surface area (Å²) in [5.74, 6) is 0.143. The Morgan fingerprint density at radius 2 is 1.68 bits per heavy atom. The SMILES string of the molecule is C=C(Nc1ccc(C(=O)Nc2ccc(Br)cc2)cc1N)Nc1cc(CNC(=O)C2(CN)CC2)ccc1Cl. The van der Waals surface area contributed by atoms with E-state index in [9.17, 15) is 9.59 Å². The molecule has 0 spiro atoms. The lowest BCUT2D eigenvalue weighted by Gasteiger charge is -2.17. The number of halogens is 2. The van der Waals surface area contributed by atoms with Gasteiger partial charge in [-0.25, -0.2) is 0 Å². The molecular weight excluding hydrogens is 556 g/mol. The van der Waals surface area contributed by atoms with E-state index in [1.165, 1.54) is 0 Å². The monoisotopic (exact) mass is 582 g/mol. The molecule has 37 heavy (non-hydrogen) atoms. The molecule has 0 unspecified atom stereocenters. The highest BCUT2D eigenvalue weighted by Crippen LogP contribution is 2.44. The lowest BCUT2D eigenvalue weighted by molar-refractivity contribution is -0.126. The molecule has 192 valence electrons. The fourth-order valence-corrected chi connectivity index (χ4v) is 4.16. The maximum absolute atomic E-state index is 12.6. The van der Waals surface area contributed by atoms with Gasteiger partial charge >= 0.3 is 0 Å². The van der Waals surface area contributed by atoms with Crippen LogP contribution >= 0.6 is 27.5 Å². The third kappa shape index (κ3) is 6.62. The van der Waals surface area contributed by atoms with Crippen molar-refractivity contribution in [3.05, 3.63) is 93.7 Å². The highest BCUT2D eigenvalue weighted by molar-refractivity contribution is 9.10. The number of carbonyl (C=O) groups is 2. The second kappa shape index (κ2) is 11.2. The van der Waals surface area contributed by atoms with Gasteiger partial charge in [-0.1, -0.05) is 40.2 Å². The van der Waals surface area contributed by atoms with Crippen LogP contribution in [0.5, 0.6) is 0 Å². The van der Waals surface area contributed by atoms with E-state index >= 15 is 0 Å². The third-order valence-electron chi connectivity index (χ3n) is 6.20. The summed E-state index contributed by atoms with van der Waals surface area (Å²) in [5.41, 5.74) is 15.1. The molecule has 3 aromatic carbocycles. The standard InChI is InChI=1S/C27H28BrClN6O2/c1-16(34-24-12-17(2-8-21(24)29)14-32-26(37)27(15-30)10-11-27)33-23-9-3-18(13-22(23)31)25(36)35-20-6-4-19(28)5-7-20/h2-9,12-13,33-34H,1,10-11,14-15,30-31H2,(H,32,37)(H,35,36). The zero-order valence-corrected chi connectivity index (χ0v) is 22.4. The predicted molar refractivity (Wildman–Crippen MR) is 153 cm³/mol. The summed E-state index contributed by atoms with van der Waals surface area (Å²) in [6.07, 6.45) is 1.66. The number of nitrogens with one attached hydrogen (secondary N) is 4. The van der Waals surface area contributed by atoms with Gasteiger partial charge < -0.3 is 32.7 Å². The van der Waals surface area contributed by atoms with E-state index in [1.54, 1.807) is 36.4 Å². The molecule has 4 rings (SSSR count). The smallest absolute Gasteiger partial charge is 0.255 e. The number of hydrogen-bond donors (Lipinski definition) is 6. The first-order valence-electron chi connectivity index (χ1n) is 11.7. The summed E-state index contributed by atoms with van der Waals surface area (Å²) in [6, 6.07) is 17.7. The minimum Gasteiger partial charge on any atom is -0.397 e. The Kier molecular flexibility index (Phi) is 8.06. The van der Waals surface area contributed by atoms with Crippen LogP contribution in [0.25, 0.3) is 0 Å². The average Bonchev–Trinajstić information content (AvgIpc) is 3.68. The summed E-state index contributed by atoms with van der Waals surface area (Å²) < 4.78 is 0.924. The van der Waals surface area contributed by atoms with Crippen LogP contribution in [0.15, 0.2) is 77.5 Å². The Labute approximate surface area is 229 Å². The van der Waals surface area contributed by atoms with Gasteiger partial charge in [0.15, 0.2) is 0 Å². The van der Waals surface area contributed by atoms with Crippen molar-refractivity contribution in [2.75, 3.05) is 28.2 Å². The number of benzene rings is 3. The van der Waals surface area contributed by atoms with Crippen molar-refractivity contribution < 1.29 is 9.59 Å². The molecule has 0 atom stereocenters. The fraction of sp³-hybridized carbons (Fsp3) is 0.185. The summed E-state index contributed by atoms with van der Waals surface area (Å²) in [6.45, 7) is 4.72.